The monoisotopic (exact) mass is 390 g/mol. The molecular formula is C19H22N2O5S. The minimum atomic E-state index is -0.433. The molecule has 8 heteroatoms. The van der Waals surface area contributed by atoms with E-state index in [2.05, 4.69) is 10.3 Å². The smallest absolute Gasteiger partial charge is 0.350 e. The van der Waals surface area contributed by atoms with Gasteiger partial charge in [-0.2, -0.15) is 0 Å². The molecule has 1 heterocycles. The van der Waals surface area contributed by atoms with Crippen molar-refractivity contribution < 1.29 is 23.9 Å². The summed E-state index contributed by atoms with van der Waals surface area (Å²) in [6.07, 6.45) is 0.786. The molecule has 0 aliphatic rings. The van der Waals surface area contributed by atoms with Crippen LogP contribution in [0.3, 0.4) is 0 Å². The number of hydrogen-bond donors (Lipinski definition) is 1. The summed E-state index contributed by atoms with van der Waals surface area (Å²) in [5.41, 5.74) is 1.16. The van der Waals surface area contributed by atoms with Gasteiger partial charge in [0.25, 0.3) is 0 Å². The predicted molar refractivity (Wildman–Crippen MR) is 103 cm³/mol. The van der Waals surface area contributed by atoms with Crippen LogP contribution in [0.15, 0.2) is 24.3 Å². The molecule has 7 nitrogen and oxygen atoms in total. The predicted octanol–water partition coefficient (Wildman–Crippen LogP) is 3.63. The van der Waals surface area contributed by atoms with Crippen molar-refractivity contribution in [3.05, 3.63) is 40.4 Å². The maximum atomic E-state index is 12.0. The van der Waals surface area contributed by atoms with Crippen molar-refractivity contribution in [1.29, 1.82) is 0 Å². The minimum Gasteiger partial charge on any atom is -0.494 e. The molecule has 0 atom stereocenters. The van der Waals surface area contributed by atoms with Gasteiger partial charge in [-0.05, 0) is 51.5 Å². The zero-order valence-corrected chi connectivity index (χ0v) is 16.4. The second-order valence-electron chi connectivity index (χ2n) is 5.73. The summed E-state index contributed by atoms with van der Waals surface area (Å²) in [5.74, 6) is 0.0173. The summed E-state index contributed by atoms with van der Waals surface area (Å²) >= 11 is 1.10. The van der Waals surface area contributed by atoms with Crippen molar-refractivity contribution >= 4 is 34.1 Å². The SMILES string of the molecule is CCOC(=O)c1sc(NC(=O)CCCOc2ccc(C(C)=O)cc2)nc1C. The molecule has 0 saturated carbocycles. The number of rotatable bonds is 9. The van der Waals surface area contributed by atoms with Gasteiger partial charge in [0, 0.05) is 12.0 Å². The van der Waals surface area contributed by atoms with Gasteiger partial charge in [0.2, 0.25) is 5.91 Å². The first-order chi connectivity index (χ1) is 12.9. The third kappa shape index (κ3) is 6.18. The highest BCUT2D eigenvalue weighted by molar-refractivity contribution is 7.17. The number of nitrogens with one attached hydrogen (secondary N) is 1. The zero-order valence-electron chi connectivity index (χ0n) is 15.5. The fourth-order valence-electron chi connectivity index (χ4n) is 2.23. The molecule has 1 aromatic heterocycles. The third-order valence-electron chi connectivity index (χ3n) is 3.58. The average molecular weight is 390 g/mol. The summed E-state index contributed by atoms with van der Waals surface area (Å²) < 4.78 is 10.5. The number of esters is 1. The molecule has 0 saturated heterocycles. The lowest BCUT2D eigenvalue weighted by Crippen LogP contribution is -2.12. The van der Waals surface area contributed by atoms with Crippen molar-refractivity contribution in [1.82, 2.24) is 4.98 Å². The van der Waals surface area contributed by atoms with Crippen LogP contribution in [-0.4, -0.2) is 35.9 Å². The molecule has 0 aliphatic heterocycles. The maximum absolute atomic E-state index is 12.0. The number of thiazole rings is 1. The van der Waals surface area contributed by atoms with E-state index in [0.717, 1.165) is 11.3 Å². The Hall–Kier alpha value is -2.74. The van der Waals surface area contributed by atoms with Crippen LogP contribution in [0.2, 0.25) is 0 Å². The molecule has 144 valence electrons. The summed E-state index contributed by atoms with van der Waals surface area (Å²) in [5, 5.41) is 3.06. The second kappa shape index (κ2) is 9.82. The number of nitrogens with zero attached hydrogens (tertiary/aromatic N) is 1. The molecule has 2 rings (SSSR count). The van der Waals surface area contributed by atoms with Gasteiger partial charge in [0.05, 0.1) is 18.9 Å². The highest BCUT2D eigenvalue weighted by Crippen LogP contribution is 2.23. The summed E-state index contributed by atoms with van der Waals surface area (Å²) in [4.78, 5) is 39.6. The van der Waals surface area contributed by atoms with E-state index >= 15 is 0 Å². The van der Waals surface area contributed by atoms with Crippen molar-refractivity contribution in [3.8, 4) is 5.75 Å². The lowest BCUT2D eigenvalue weighted by atomic mass is 10.1. The highest BCUT2D eigenvalue weighted by atomic mass is 32.1. The number of benzene rings is 1. The second-order valence-corrected chi connectivity index (χ2v) is 6.73. The van der Waals surface area contributed by atoms with E-state index in [0.29, 0.717) is 40.0 Å². The van der Waals surface area contributed by atoms with E-state index < -0.39 is 5.97 Å². The number of ketones is 1. The van der Waals surface area contributed by atoms with Gasteiger partial charge in [-0.1, -0.05) is 11.3 Å². The van der Waals surface area contributed by atoms with Gasteiger partial charge >= 0.3 is 5.97 Å². The van der Waals surface area contributed by atoms with Crippen LogP contribution in [0.4, 0.5) is 5.13 Å². The molecule has 0 spiro atoms. The lowest BCUT2D eigenvalue weighted by Gasteiger charge is -2.06. The van der Waals surface area contributed by atoms with Gasteiger partial charge in [-0.15, -0.1) is 0 Å². The Morgan fingerprint density at radius 1 is 1.19 bits per heavy atom. The van der Waals surface area contributed by atoms with E-state index in [1.165, 1.54) is 6.92 Å². The number of aryl methyl sites for hydroxylation is 1. The van der Waals surface area contributed by atoms with Crippen molar-refractivity contribution in [2.24, 2.45) is 0 Å². The summed E-state index contributed by atoms with van der Waals surface area (Å²) in [6.45, 7) is 5.60. The maximum Gasteiger partial charge on any atom is 0.350 e. The van der Waals surface area contributed by atoms with Crippen LogP contribution in [0, 0.1) is 6.92 Å². The Balaban J connectivity index is 1.75. The number of carbonyl (C=O) groups excluding carboxylic acids is 3. The molecule has 0 fully saturated rings. The number of aromatic nitrogens is 1. The normalized spacial score (nSPS) is 10.3. The molecule has 1 amide bonds. The Bertz CT molecular complexity index is 814. The van der Waals surface area contributed by atoms with Crippen LogP contribution in [-0.2, 0) is 9.53 Å². The number of anilines is 1. The molecule has 2 aromatic rings. The lowest BCUT2D eigenvalue weighted by molar-refractivity contribution is -0.116. The Morgan fingerprint density at radius 2 is 1.89 bits per heavy atom. The topological polar surface area (TPSA) is 94.6 Å². The molecule has 27 heavy (non-hydrogen) atoms. The minimum absolute atomic E-state index is 0.00163. The first kappa shape index (κ1) is 20.6. The Kier molecular flexibility index (Phi) is 7.48. The van der Waals surface area contributed by atoms with Crippen LogP contribution in [0.5, 0.6) is 5.75 Å². The Labute approximate surface area is 161 Å². The van der Waals surface area contributed by atoms with Gasteiger partial charge in [-0.25, -0.2) is 9.78 Å². The number of hydrogen-bond acceptors (Lipinski definition) is 7. The molecule has 1 aromatic carbocycles. The van der Waals surface area contributed by atoms with E-state index in [1.807, 2.05) is 0 Å². The van der Waals surface area contributed by atoms with Gasteiger partial charge in [-0.3, -0.25) is 9.59 Å². The van der Waals surface area contributed by atoms with Gasteiger partial charge < -0.3 is 14.8 Å². The molecular weight excluding hydrogens is 368 g/mol. The van der Waals surface area contributed by atoms with Crippen LogP contribution in [0.25, 0.3) is 0 Å². The number of ether oxygens (including phenoxy) is 2. The van der Waals surface area contributed by atoms with Crippen LogP contribution < -0.4 is 10.1 Å². The van der Waals surface area contributed by atoms with Crippen LogP contribution in [0.1, 0.15) is 52.4 Å². The van der Waals surface area contributed by atoms with E-state index in [9.17, 15) is 14.4 Å². The number of carbonyl (C=O) groups is 3. The highest BCUT2D eigenvalue weighted by Gasteiger charge is 2.17. The standard InChI is InChI=1S/C19H22N2O5S/c1-4-25-18(24)17-12(2)20-19(27-17)21-16(23)6-5-11-26-15-9-7-14(8-10-15)13(3)22/h7-10H,4-6,11H2,1-3H3,(H,20,21,23). The first-order valence-corrected chi connectivity index (χ1v) is 9.40. The van der Waals surface area contributed by atoms with E-state index in [-0.39, 0.29) is 24.7 Å². The largest absolute Gasteiger partial charge is 0.494 e. The summed E-state index contributed by atoms with van der Waals surface area (Å²) in [7, 11) is 0. The average Bonchev–Trinajstić information content (AvgIpc) is 2.99. The van der Waals surface area contributed by atoms with Crippen molar-refractivity contribution in [3.63, 3.8) is 0 Å². The molecule has 0 radical (unpaired) electrons. The van der Waals surface area contributed by atoms with Crippen molar-refractivity contribution in [2.75, 3.05) is 18.5 Å². The zero-order chi connectivity index (χ0) is 19.8. The van der Waals surface area contributed by atoms with Crippen LogP contribution >= 0.6 is 11.3 Å². The fourth-order valence-corrected chi connectivity index (χ4v) is 3.10. The summed E-state index contributed by atoms with van der Waals surface area (Å²) in [6, 6.07) is 6.87. The van der Waals surface area contributed by atoms with E-state index in [1.54, 1.807) is 38.1 Å². The van der Waals surface area contributed by atoms with Gasteiger partial charge in [0.1, 0.15) is 10.6 Å². The molecule has 0 unspecified atom stereocenters. The Morgan fingerprint density at radius 3 is 2.52 bits per heavy atom. The molecule has 1 N–H and O–H groups in total. The quantitative estimate of drug-likeness (QED) is 0.399. The first-order valence-electron chi connectivity index (χ1n) is 8.59. The molecule has 0 bridgehead atoms. The van der Waals surface area contributed by atoms with E-state index in [4.69, 9.17) is 9.47 Å². The number of amides is 1. The van der Waals surface area contributed by atoms with Gasteiger partial charge in [0.15, 0.2) is 10.9 Å². The van der Waals surface area contributed by atoms with Crippen molar-refractivity contribution in [2.45, 2.75) is 33.6 Å². The number of Topliss-reactive ketones (excluding diaryl/α,β-unsaturated/α-hetero) is 1. The fraction of sp³-hybridized carbons (Fsp3) is 0.368. The third-order valence-corrected chi connectivity index (χ3v) is 4.63. The molecule has 0 aliphatic carbocycles.